The van der Waals surface area contributed by atoms with Gasteiger partial charge in [0.25, 0.3) is 0 Å². The first-order valence-corrected chi connectivity index (χ1v) is 8.42. The van der Waals surface area contributed by atoms with Crippen molar-refractivity contribution in [2.75, 3.05) is 24.8 Å². The van der Waals surface area contributed by atoms with E-state index in [9.17, 15) is 8.42 Å². The van der Waals surface area contributed by atoms with Crippen LogP contribution in [0.2, 0.25) is 0 Å². The van der Waals surface area contributed by atoms with Crippen molar-refractivity contribution in [2.45, 2.75) is 38.0 Å². The van der Waals surface area contributed by atoms with Crippen molar-refractivity contribution < 1.29 is 8.42 Å². The van der Waals surface area contributed by atoms with Gasteiger partial charge in [-0.05, 0) is 25.1 Å². The van der Waals surface area contributed by atoms with Crippen LogP contribution in [0.4, 0.5) is 0 Å². The van der Waals surface area contributed by atoms with Crippen LogP contribution in [0.15, 0.2) is 0 Å². The van der Waals surface area contributed by atoms with E-state index in [1.54, 1.807) is 0 Å². The molecule has 0 radical (unpaired) electrons. The van der Waals surface area contributed by atoms with Crippen LogP contribution in [0.5, 0.6) is 0 Å². The summed E-state index contributed by atoms with van der Waals surface area (Å²) in [5.41, 5.74) is 0. The first-order valence-electron chi connectivity index (χ1n) is 5.31. The van der Waals surface area contributed by atoms with Crippen molar-refractivity contribution in [1.29, 1.82) is 0 Å². The molecule has 5 heteroatoms. The maximum Gasteiger partial charge on any atom is 0.147 e. The maximum absolute atomic E-state index is 10.9. The summed E-state index contributed by atoms with van der Waals surface area (Å²) in [5.74, 6) is 1.36. The third kappa shape index (κ3) is 10.5. The molecule has 0 amide bonds. The monoisotopic (exact) mass is 253 g/mol. The summed E-state index contributed by atoms with van der Waals surface area (Å²) in [6.07, 6.45) is 2.98. The molecule has 0 saturated carbocycles. The van der Waals surface area contributed by atoms with Crippen LogP contribution in [0.1, 0.15) is 26.7 Å². The quantitative estimate of drug-likeness (QED) is 0.713. The van der Waals surface area contributed by atoms with Crippen molar-refractivity contribution >= 4 is 21.6 Å². The Bertz CT molecular complexity index is 250. The molecule has 92 valence electrons. The van der Waals surface area contributed by atoms with Gasteiger partial charge >= 0.3 is 0 Å². The van der Waals surface area contributed by atoms with Crippen molar-refractivity contribution in [3.63, 3.8) is 0 Å². The van der Waals surface area contributed by atoms with Gasteiger partial charge < -0.3 is 5.32 Å². The van der Waals surface area contributed by atoms with Gasteiger partial charge in [-0.1, -0.05) is 13.8 Å². The molecular weight excluding hydrogens is 230 g/mol. The Balaban J connectivity index is 3.71. The normalized spacial score (nSPS) is 14.5. The van der Waals surface area contributed by atoms with Gasteiger partial charge in [-0.3, -0.25) is 0 Å². The third-order valence-electron chi connectivity index (χ3n) is 2.11. The lowest BCUT2D eigenvalue weighted by atomic mass is 10.2. The molecule has 0 heterocycles. The molecule has 1 unspecified atom stereocenters. The van der Waals surface area contributed by atoms with E-state index >= 15 is 0 Å². The highest BCUT2D eigenvalue weighted by atomic mass is 32.2. The van der Waals surface area contributed by atoms with Gasteiger partial charge in [0.1, 0.15) is 9.84 Å². The minimum atomic E-state index is -2.79. The van der Waals surface area contributed by atoms with Gasteiger partial charge in [0, 0.05) is 23.8 Å². The molecule has 0 bridgehead atoms. The van der Waals surface area contributed by atoms with Crippen LogP contribution in [0, 0.1) is 0 Å². The zero-order chi connectivity index (χ0) is 11.9. The Morgan fingerprint density at radius 1 is 1.33 bits per heavy atom. The zero-order valence-corrected chi connectivity index (χ0v) is 11.7. The molecular formula is C10H23NO2S2. The number of thioether (sulfide) groups is 1. The molecule has 0 aromatic heterocycles. The number of sulfone groups is 1. The first-order chi connectivity index (χ1) is 6.85. The molecule has 0 spiro atoms. The van der Waals surface area contributed by atoms with Crippen LogP contribution in [0.3, 0.4) is 0 Å². The molecule has 0 aliphatic carbocycles. The second kappa shape index (κ2) is 7.52. The van der Waals surface area contributed by atoms with E-state index in [4.69, 9.17) is 0 Å². The lowest BCUT2D eigenvalue weighted by molar-refractivity contribution is 0.555. The lowest BCUT2D eigenvalue weighted by Crippen LogP contribution is -2.28. The zero-order valence-electron chi connectivity index (χ0n) is 10.1. The minimum absolute atomic E-state index is 0.303. The molecule has 0 aliphatic heterocycles. The third-order valence-corrected chi connectivity index (χ3v) is 4.40. The maximum atomic E-state index is 10.9. The summed E-state index contributed by atoms with van der Waals surface area (Å²) in [4.78, 5) is 0. The van der Waals surface area contributed by atoms with E-state index < -0.39 is 9.84 Å². The van der Waals surface area contributed by atoms with Crippen LogP contribution < -0.4 is 5.32 Å². The van der Waals surface area contributed by atoms with E-state index in [-0.39, 0.29) is 0 Å². The Morgan fingerprint density at radius 3 is 2.33 bits per heavy atom. The lowest BCUT2D eigenvalue weighted by Gasteiger charge is -2.16. The molecule has 0 saturated heterocycles. The molecule has 1 N–H and O–H groups in total. The summed E-state index contributed by atoms with van der Waals surface area (Å²) in [5, 5.41) is 3.86. The topological polar surface area (TPSA) is 46.2 Å². The van der Waals surface area contributed by atoms with Gasteiger partial charge in [0.2, 0.25) is 0 Å². The predicted octanol–water partition coefficient (Wildman–Crippen LogP) is 1.54. The van der Waals surface area contributed by atoms with Crippen molar-refractivity contribution in [2.24, 2.45) is 0 Å². The largest absolute Gasteiger partial charge is 0.316 e. The van der Waals surface area contributed by atoms with Gasteiger partial charge in [-0.25, -0.2) is 8.42 Å². The highest BCUT2D eigenvalue weighted by molar-refractivity contribution is 7.99. The average molecular weight is 253 g/mol. The van der Waals surface area contributed by atoms with Crippen molar-refractivity contribution in [3.05, 3.63) is 0 Å². The van der Waals surface area contributed by atoms with Gasteiger partial charge in [0.05, 0.1) is 0 Å². The molecule has 0 aromatic carbocycles. The summed E-state index contributed by atoms with van der Waals surface area (Å²) >= 11 is 1.91. The minimum Gasteiger partial charge on any atom is -0.316 e. The summed E-state index contributed by atoms with van der Waals surface area (Å²) in [6, 6.07) is 0.430. The fraction of sp³-hybridized carbons (Fsp3) is 1.00. The molecule has 0 rings (SSSR count). The van der Waals surface area contributed by atoms with Gasteiger partial charge in [0.15, 0.2) is 0 Å². The number of nitrogens with one attached hydrogen (secondary N) is 1. The molecule has 15 heavy (non-hydrogen) atoms. The van der Waals surface area contributed by atoms with Crippen LogP contribution in [0.25, 0.3) is 0 Å². The first kappa shape index (κ1) is 15.3. The van der Waals surface area contributed by atoms with E-state index in [0.717, 1.165) is 18.6 Å². The SMILES string of the molecule is CNC(CCCS(C)(=O)=O)CSC(C)C. The van der Waals surface area contributed by atoms with E-state index in [1.807, 2.05) is 18.8 Å². The molecule has 0 aromatic rings. The highest BCUT2D eigenvalue weighted by Gasteiger charge is 2.09. The molecule has 1 atom stereocenters. The average Bonchev–Trinajstić information content (AvgIpc) is 2.08. The summed E-state index contributed by atoms with van der Waals surface area (Å²) < 4.78 is 21.9. The molecule has 3 nitrogen and oxygen atoms in total. The fourth-order valence-corrected chi connectivity index (χ4v) is 2.85. The standard InChI is InChI=1S/C10H23NO2S2/c1-9(2)14-8-10(11-3)6-5-7-15(4,12)13/h9-11H,5-8H2,1-4H3. The van der Waals surface area contributed by atoms with Crippen molar-refractivity contribution in [3.8, 4) is 0 Å². The van der Waals surface area contributed by atoms with Crippen LogP contribution in [-0.2, 0) is 9.84 Å². The Kier molecular flexibility index (Phi) is 7.65. The Morgan fingerprint density at radius 2 is 1.93 bits per heavy atom. The van der Waals surface area contributed by atoms with Gasteiger partial charge in [-0.15, -0.1) is 0 Å². The van der Waals surface area contributed by atoms with Crippen LogP contribution >= 0.6 is 11.8 Å². The molecule has 0 aliphatic rings. The van der Waals surface area contributed by atoms with E-state index in [0.29, 0.717) is 17.0 Å². The Labute approximate surface area is 98.3 Å². The van der Waals surface area contributed by atoms with E-state index in [2.05, 4.69) is 19.2 Å². The second-order valence-corrected chi connectivity index (χ2v) is 8.01. The second-order valence-electron chi connectivity index (χ2n) is 4.14. The number of rotatable bonds is 8. The predicted molar refractivity (Wildman–Crippen MR) is 69.4 cm³/mol. The number of hydrogen-bond donors (Lipinski definition) is 1. The Hall–Kier alpha value is 0.260. The van der Waals surface area contributed by atoms with E-state index in [1.165, 1.54) is 6.26 Å². The fourth-order valence-electron chi connectivity index (χ4n) is 1.21. The van der Waals surface area contributed by atoms with Gasteiger partial charge in [-0.2, -0.15) is 11.8 Å². The highest BCUT2D eigenvalue weighted by Crippen LogP contribution is 2.13. The summed E-state index contributed by atoms with van der Waals surface area (Å²) in [6.45, 7) is 4.35. The van der Waals surface area contributed by atoms with Crippen molar-refractivity contribution in [1.82, 2.24) is 5.32 Å². The smallest absolute Gasteiger partial charge is 0.147 e. The molecule has 0 fully saturated rings. The number of hydrogen-bond acceptors (Lipinski definition) is 4. The summed E-state index contributed by atoms with van der Waals surface area (Å²) in [7, 11) is -0.857. The van der Waals surface area contributed by atoms with Crippen LogP contribution in [-0.4, -0.2) is 44.5 Å².